The van der Waals surface area contributed by atoms with Crippen LogP contribution < -0.4 is 15.1 Å². The number of rotatable bonds is 6. The van der Waals surface area contributed by atoms with E-state index in [2.05, 4.69) is 82.0 Å². The average Bonchev–Trinajstić information content (AvgIpc) is 3.41. The number of anilines is 2. The zero-order chi connectivity index (χ0) is 23.8. The molecule has 34 heavy (non-hydrogen) atoms. The van der Waals surface area contributed by atoms with Crippen molar-refractivity contribution in [3.8, 4) is 11.5 Å². The molecule has 5 heterocycles. The van der Waals surface area contributed by atoms with Crippen LogP contribution in [-0.4, -0.2) is 44.9 Å². The van der Waals surface area contributed by atoms with Gasteiger partial charge in [0.15, 0.2) is 5.82 Å². The first-order valence-electron chi connectivity index (χ1n) is 12.5. The van der Waals surface area contributed by atoms with Crippen LogP contribution in [0.5, 0.6) is 0 Å². The minimum Gasteiger partial charge on any atom is -0.357 e. The number of hydrogen-bond donors (Lipinski definition) is 1. The summed E-state index contributed by atoms with van der Waals surface area (Å²) in [5, 5.41) is 12.4. The highest BCUT2D eigenvalue weighted by atomic mass is 15.3. The minimum absolute atomic E-state index is 0.393. The van der Waals surface area contributed by atoms with Crippen molar-refractivity contribution in [2.75, 3.05) is 23.9 Å². The molecular weight excluding hydrogens is 424 g/mol. The maximum Gasteiger partial charge on any atom is 0.182 e. The molecule has 180 valence electrons. The number of aryl methyl sites for hydroxylation is 1. The van der Waals surface area contributed by atoms with Gasteiger partial charge < -0.3 is 19.7 Å². The van der Waals surface area contributed by atoms with Gasteiger partial charge in [-0.1, -0.05) is 12.5 Å². The van der Waals surface area contributed by atoms with Gasteiger partial charge in [0.25, 0.3) is 0 Å². The van der Waals surface area contributed by atoms with Gasteiger partial charge in [-0.2, -0.15) is 0 Å². The Hall–Kier alpha value is -3.00. The second-order valence-electron chi connectivity index (χ2n) is 9.94. The SMILES string of the molecule is CNCc1nc(N(C)C(C)C)cc2c1CN(c1cccc(-c3nnc4n3C(C)CCCC4)n1)C2. The van der Waals surface area contributed by atoms with Crippen LogP contribution in [0.15, 0.2) is 24.3 Å². The van der Waals surface area contributed by atoms with Crippen LogP contribution in [0.1, 0.15) is 68.7 Å². The highest BCUT2D eigenvalue weighted by Gasteiger charge is 2.27. The first kappa shape index (κ1) is 22.8. The number of hydrogen-bond acceptors (Lipinski definition) is 7. The molecule has 1 atom stereocenters. The van der Waals surface area contributed by atoms with Crippen molar-refractivity contribution in [3.63, 3.8) is 0 Å². The molecule has 0 amide bonds. The zero-order valence-electron chi connectivity index (χ0n) is 21.0. The summed E-state index contributed by atoms with van der Waals surface area (Å²) >= 11 is 0. The van der Waals surface area contributed by atoms with Gasteiger partial charge in [0, 0.05) is 45.2 Å². The van der Waals surface area contributed by atoms with Gasteiger partial charge in [-0.3, -0.25) is 0 Å². The molecule has 1 N–H and O–H groups in total. The second kappa shape index (κ2) is 9.33. The van der Waals surface area contributed by atoms with Gasteiger partial charge in [-0.15, -0.1) is 10.2 Å². The molecule has 0 saturated heterocycles. The summed E-state index contributed by atoms with van der Waals surface area (Å²) in [6, 6.07) is 9.29. The lowest BCUT2D eigenvalue weighted by molar-refractivity contribution is 0.506. The van der Waals surface area contributed by atoms with Crippen LogP contribution in [0.3, 0.4) is 0 Å². The average molecular weight is 461 g/mol. The van der Waals surface area contributed by atoms with Crippen molar-refractivity contribution in [1.82, 2.24) is 30.0 Å². The molecule has 0 bridgehead atoms. The van der Waals surface area contributed by atoms with Crippen LogP contribution in [0.4, 0.5) is 11.6 Å². The Labute approximate surface area is 202 Å². The fraction of sp³-hybridized carbons (Fsp3) is 0.538. The van der Waals surface area contributed by atoms with E-state index in [9.17, 15) is 0 Å². The maximum atomic E-state index is 5.07. The number of pyridine rings is 2. The third kappa shape index (κ3) is 4.15. The van der Waals surface area contributed by atoms with Crippen LogP contribution in [0, 0.1) is 0 Å². The van der Waals surface area contributed by atoms with E-state index in [4.69, 9.17) is 9.97 Å². The molecule has 2 aliphatic rings. The lowest BCUT2D eigenvalue weighted by Crippen LogP contribution is -2.27. The summed E-state index contributed by atoms with van der Waals surface area (Å²) < 4.78 is 2.31. The van der Waals surface area contributed by atoms with Gasteiger partial charge in [-0.05, 0) is 70.0 Å². The highest BCUT2D eigenvalue weighted by Crippen LogP contribution is 2.33. The molecular formula is C26H36N8. The summed E-state index contributed by atoms with van der Waals surface area (Å²) in [6.45, 7) is 9.06. The largest absolute Gasteiger partial charge is 0.357 e. The first-order chi connectivity index (χ1) is 16.5. The molecule has 0 saturated carbocycles. The van der Waals surface area contributed by atoms with Gasteiger partial charge in [-0.25, -0.2) is 9.97 Å². The molecule has 5 rings (SSSR count). The van der Waals surface area contributed by atoms with Crippen molar-refractivity contribution in [3.05, 3.63) is 46.9 Å². The normalized spacial score (nSPS) is 17.6. The molecule has 0 aliphatic carbocycles. The molecule has 0 radical (unpaired) electrons. The van der Waals surface area contributed by atoms with E-state index in [0.29, 0.717) is 12.1 Å². The second-order valence-corrected chi connectivity index (χ2v) is 9.94. The number of fused-ring (bicyclic) bond motifs is 2. The van der Waals surface area contributed by atoms with Crippen molar-refractivity contribution >= 4 is 11.6 Å². The van der Waals surface area contributed by atoms with E-state index < -0.39 is 0 Å². The monoisotopic (exact) mass is 460 g/mol. The predicted octanol–water partition coefficient (Wildman–Crippen LogP) is 4.11. The molecule has 3 aromatic rings. The van der Waals surface area contributed by atoms with E-state index in [0.717, 1.165) is 67.1 Å². The minimum atomic E-state index is 0.393. The Morgan fingerprint density at radius 1 is 1.15 bits per heavy atom. The molecule has 1 unspecified atom stereocenters. The molecule has 8 nitrogen and oxygen atoms in total. The van der Waals surface area contributed by atoms with Gasteiger partial charge in [0.05, 0.1) is 5.69 Å². The summed E-state index contributed by atoms with van der Waals surface area (Å²) in [4.78, 5) is 14.7. The van der Waals surface area contributed by atoms with E-state index >= 15 is 0 Å². The van der Waals surface area contributed by atoms with E-state index in [1.165, 1.54) is 24.0 Å². The molecule has 3 aromatic heterocycles. The van der Waals surface area contributed by atoms with Crippen LogP contribution in [-0.2, 0) is 26.1 Å². The number of nitrogens with zero attached hydrogens (tertiary/aromatic N) is 7. The molecule has 8 heteroatoms. The Bertz CT molecular complexity index is 1170. The molecule has 0 fully saturated rings. The molecule has 0 aromatic carbocycles. The van der Waals surface area contributed by atoms with Crippen molar-refractivity contribution in [2.45, 2.75) is 78.2 Å². The Balaban J connectivity index is 1.46. The summed E-state index contributed by atoms with van der Waals surface area (Å²) in [7, 11) is 4.09. The Morgan fingerprint density at radius 3 is 2.79 bits per heavy atom. The van der Waals surface area contributed by atoms with Crippen LogP contribution >= 0.6 is 0 Å². The number of aromatic nitrogens is 5. The molecule has 2 aliphatic heterocycles. The topological polar surface area (TPSA) is 75.0 Å². The quantitative estimate of drug-likeness (QED) is 0.593. The zero-order valence-corrected chi connectivity index (χ0v) is 21.0. The van der Waals surface area contributed by atoms with Crippen molar-refractivity contribution < 1.29 is 0 Å². The van der Waals surface area contributed by atoms with Crippen LogP contribution in [0.2, 0.25) is 0 Å². The van der Waals surface area contributed by atoms with Gasteiger partial charge in [0.2, 0.25) is 0 Å². The smallest absolute Gasteiger partial charge is 0.182 e. The fourth-order valence-electron chi connectivity index (χ4n) is 5.08. The lowest BCUT2D eigenvalue weighted by atomic mass is 10.1. The van der Waals surface area contributed by atoms with E-state index in [1.54, 1.807) is 0 Å². The van der Waals surface area contributed by atoms with E-state index in [1.807, 2.05) is 7.05 Å². The summed E-state index contributed by atoms with van der Waals surface area (Å²) in [5.74, 6) is 3.98. The summed E-state index contributed by atoms with van der Waals surface area (Å²) in [6.07, 6.45) is 4.57. The van der Waals surface area contributed by atoms with Gasteiger partial charge in [0.1, 0.15) is 23.2 Å². The summed E-state index contributed by atoms with van der Waals surface area (Å²) in [5.41, 5.74) is 4.67. The third-order valence-corrected chi connectivity index (χ3v) is 7.25. The Morgan fingerprint density at radius 2 is 2.00 bits per heavy atom. The standard InChI is InChI=1S/C26H36N8/c1-17(2)32(5)25-13-19-15-33(16-20(19)22(29-25)14-27-4)23-12-8-10-21(28-23)26-31-30-24-11-7-6-9-18(3)34(24)26/h8,10,12-13,17-18,27H,6-7,9,11,14-16H2,1-5H3. The first-order valence-corrected chi connectivity index (χ1v) is 12.5. The maximum absolute atomic E-state index is 5.07. The predicted molar refractivity (Wildman–Crippen MR) is 136 cm³/mol. The fourth-order valence-corrected chi connectivity index (χ4v) is 5.08. The highest BCUT2D eigenvalue weighted by molar-refractivity contribution is 5.58. The number of nitrogens with one attached hydrogen (secondary N) is 1. The third-order valence-electron chi connectivity index (χ3n) is 7.25. The van der Waals surface area contributed by atoms with Crippen molar-refractivity contribution in [1.29, 1.82) is 0 Å². The van der Waals surface area contributed by atoms with Gasteiger partial charge >= 0.3 is 0 Å². The molecule has 0 spiro atoms. The van der Waals surface area contributed by atoms with Crippen LogP contribution in [0.25, 0.3) is 11.5 Å². The Kier molecular flexibility index (Phi) is 6.25. The van der Waals surface area contributed by atoms with Crippen molar-refractivity contribution in [2.24, 2.45) is 0 Å². The van der Waals surface area contributed by atoms with E-state index in [-0.39, 0.29) is 0 Å². The lowest BCUT2D eigenvalue weighted by Gasteiger charge is -2.24.